The lowest BCUT2D eigenvalue weighted by atomic mass is 9.83. The molecule has 1 aromatic rings. The Morgan fingerprint density at radius 2 is 1.88 bits per heavy atom. The van der Waals surface area contributed by atoms with E-state index in [1.165, 1.54) is 0 Å². The molecule has 0 unspecified atom stereocenters. The summed E-state index contributed by atoms with van der Waals surface area (Å²) in [5.74, 6) is -0.214. The van der Waals surface area contributed by atoms with Crippen LogP contribution in [0, 0.1) is 0 Å². The Morgan fingerprint density at radius 3 is 2.38 bits per heavy atom. The van der Waals surface area contributed by atoms with E-state index < -0.39 is 14.5 Å². The van der Waals surface area contributed by atoms with E-state index in [0.29, 0.717) is 5.56 Å². The molecular weight excluding hydrogens is 248 g/mol. The largest absolute Gasteiger partial charge is 0.395 e. The highest BCUT2D eigenvalue weighted by molar-refractivity contribution is 8.13. The Morgan fingerprint density at radius 1 is 1.31 bits per heavy atom. The van der Waals surface area contributed by atoms with Crippen LogP contribution in [0.2, 0.25) is 0 Å². The second-order valence-electron chi connectivity index (χ2n) is 4.38. The third kappa shape index (κ3) is 3.47. The molecule has 5 heteroatoms. The molecule has 0 aliphatic rings. The fraction of sp³-hybridized carbons (Fsp3) is 0.455. The third-order valence-electron chi connectivity index (χ3n) is 2.47. The normalized spacial score (nSPS) is 12.8. The SMILES string of the molecule is CC(C)(CO)c1ccccc1CS(=O)(=O)Cl. The molecular formula is C11H15ClO3S. The van der Waals surface area contributed by atoms with Crippen LogP contribution in [0.3, 0.4) is 0 Å². The van der Waals surface area contributed by atoms with Crippen molar-refractivity contribution in [3.05, 3.63) is 35.4 Å². The molecule has 0 aromatic heterocycles. The zero-order chi connectivity index (χ0) is 12.4. The zero-order valence-corrected chi connectivity index (χ0v) is 10.8. The molecule has 0 spiro atoms. The Kier molecular flexibility index (Phi) is 3.99. The molecule has 0 bridgehead atoms. The zero-order valence-electron chi connectivity index (χ0n) is 9.27. The van der Waals surface area contributed by atoms with Crippen LogP contribution in [-0.4, -0.2) is 20.1 Å². The Bertz CT molecular complexity index is 466. The highest BCUT2D eigenvalue weighted by atomic mass is 35.7. The first-order valence-electron chi connectivity index (χ1n) is 4.88. The minimum absolute atomic E-state index is 0.0493. The lowest BCUT2D eigenvalue weighted by Gasteiger charge is -2.25. The van der Waals surface area contributed by atoms with E-state index in [9.17, 15) is 13.5 Å². The van der Waals surface area contributed by atoms with Gasteiger partial charge >= 0.3 is 0 Å². The summed E-state index contributed by atoms with van der Waals surface area (Å²) in [6, 6.07) is 7.10. The van der Waals surface area contributed by atoms with Gasteiger partial charge in [-0.05, 0) is 11.1 Å². The smallest absolute Gasteiger partial charge is 0.236 e. The molecule has 3 nitrogen and oxygen atoms in total. The van der Waals surface area contributed by atoms with Crippen LogP contribution in [0.25, 0.3) is 0 Å². The molecule has 0 aliphatic carbocycles. The van der Waals surface area contributed by atoms with E-state index in [1.54, 1.807) is 12.1 Å². The fourth-order valence-electron chi connectivity index (χ4n) is 1.58. The van der Waals surface area contributed by atoms with E-state index in [2.05, 4.69) is 0 Å². The number of halogens is 1. The number of hydrogen-bond acceptors (Lipinski definition) is 3. The van der Waals surface area contributed by atoms with E-state index in [-0.39, 0.29) is 12.4 Å². The lowest BCUT2D eigenvalue weighted by molar-refractivity contribution is 0.218. The van der Waals surface area contributed by atoms with Crippen LogP contribution in [0.5, 0.6) is 0 Å². The average molecular weight is 263 g/mol. The van der Waals surface area contributed by atoms with Gasteiger partial charge in [-0.25, -0.2) is 8.42 Å². The van der Waals surface area contributed by atoms with Crippen LogP contribution in [0.1, 0.15) is 25.0 Å². The number of hydrogen-bond donors (Lipinski definition) is 1. The predicted molar refractivity (Wildman–Crippen MR) is 65.0 cm³/mol. The summed E-state index contributed by atoms with van der Waals surface area (Å²) in [6.45, 7) is 3.66. The van der Waals surface area contributed by atoms with E-state index in [0.717, 1.165) is 5.56 Å². The number of rotatable bonds is 4. The van der Waals surface area contributed by atoms with Gasteiger partial charge in [0.1, 0.15) is 0 Å². The van der Waals surface area contributed by atoms with Crippen LogP contribution in [-0.2, 0) is 20.2 Å². The van der Waals surface area contributed by atoms with Crippen LogP contribution in [0.15, 0.2) is 24.3 Å². The second-order valence-corrected chi connectivity index (χ2v) is 7.16. The van der Waals surface area contributed by atoms with Gasteiger partial charge in [0, 0.05) is 16.1 Å². The molecule has 1 aromatic carbocycles. The summed E-state index contributed by atoms with van der Waals surface area (Å²) in [5.41, 5.74) is 0.969. The molecule has 0 aliphatic heterocycles. The molecule has 0 heterocycles. The maximum Gasteiger partial charge on any atom is 0.236 e. The minimum Gasteiger partial charge on any atom is -0.395 e. The first-order valence-corrected chi connectivity index (χ1v) is 7.36. The summed E-state index contributed by atoms with van der Waals surface area (Å²) < 4.78 is 22.1. The molecule has 0 atom stereocenters. The van der Waals surface area contributed by atoms with E-state index in [4.69, 9.17) is 10.7 Å². The molecule has 0 amide bonds. The number of benzene rings is 1. The van der Waals surface area contributed by atoms with Crippen LogP contribution in [0.4, 0.5) is 0 Å². The van der Waals surface area contributed by atoms with E-state index in [1.807, 2.05) is 26.0 Å². The van der Waals surface area contributed by atoms with Crippen molar-refractivity contribution in [3.63, 3.8) is 0 Å². The molecule has 1 rings (SSSR count). The number of aliphatic hydroxyl groups is 1. The predicted octanol–water partition coefficient (Wildman–Crippen LogP) is 2.03. The average Bonchev–Trinajstić information content (AvgIpc) is 2.16. The van der Waals surface area contributed by atoms with E-state index >= 15 is 0 Å². The van der Waals surface area contributed by atoms with Crippen molar-refractivity contribution in [2.24, 2.45) is 0 Å². The second kappa shape index (κ2) is 4.73. The summed E-state index contributed by atoms with van der Waals surface area (Å²) in [6.07, 6.45) is 0. The van der Waals surface area contributed by atoms with Gasteiger partial charge in [-0.15, -0.1) is 0 Å². The van der Waals surface area contributed by atoms with Gasteiger partial charge in [-0.1, -0.05) is 38.1 Å². The summed E-state index contributed by atoms with van der Waals surface area (Å²) in [4.78, 5) is 0. The monoisotopic (exact) mass is 262 g/mol. The van der Waals surface area contributed by atoms with Gasteiger partial charge in [-0.2, -0.15) is 0 Å². The van der Waals surface area contributed by atoms with Crippen molar-refractivity contribution in [2.45, 2.75) is 25.0 Å². The van der Waals surface area contributed by atoms with Crippen molar-refractivity contribution in [2.75, 3.05) is 6.61 Å². The Balaban J connectivity index is 3.21. The topological polar surface area (TPSA) is 54.4 Å². The first kappa shape index (κ1) is 13.5. The molecule has 90 valence electrons. The van der Waals surface area contributed by atoms with Gasteiger partial charge < -0.3 is 5.11 Å². The first-order chi connectivity index (χ1) is 7.26. The van der Waals surface area contributed by atoms with Gasteiger partial charge in [0.2, 0.25) is 9.05 Å². The minimum atomic E-state index is -3.58. The van der Waals surface area contributed by atoms with Gasteiger partial charge in [0.15, 0.2) is 0 Å². The van der Waals surface area contributed by atoms with Crippen molar-refractivity contribution in [1.82, 2.24) is 0 Å². The quantitative estimate of drug-likeness (QED) is 0.845. The fourth-order valence-corrected chi connectivity index (χ4v) is 2.55. The summed E-state index contributed by atoms with van der Waals surface area (Å²) in [7, 11) is 1.67. The Labute approximate surface area is 100 Å². The molecule has 0 saturated carbocycles. The molecule has 0 radical (unpaired) electrons. The number of aliphatic hydroxyl groups excluding tert-OH is 1. The molecule has 0 saturated heterocycles. The highest BCUT2D eigenvalue weighted by Crippen LogP contribution is 2.27. The van der Waals surface area contributed by atoms with Gasteiger partial charge in [0.25, 0.3) is 0 Å². The van der Waals surface area contributed by atoms with Crippen molar-refractivity contribution in [1.29, 1.82) is 0 Å². The molecule has 0 fully saturated rings. The van der Waals surface area contributed by atoms with Crippen molar-refractivity contribution >= 4 is 19.7 Å². The summed E-state index contributed by atoms with van der Waals surface area (Å²) >= 11 is 0. The maximum atomic E-state index is 11.1. The lowest BCUT2D eigenvalue weighted by Crippen LogP contribution is -2.24. The highest BCUT2D eigenvalue weighted by Gasteiger charge is 2.23. The van der Waals surface area contributed by atoms with Gasteiger partial charge in [0.05, 0.1) is 12.4 Å². The molecule has 1 N–H and O–H groups in total. The van der Waals surface area contributed by atoms with Gasteiger partial charge in [-0.3, -0.25) is 0 Å². The summed E-state index contributed by atoms with van der Waals surface area (Å²) in [5, 5.41) is 9.29. The van der Waals surface area contributed by atoms with Crippen molar-refractivity contribution < 1.29 is 13.5 Å². The maximum absolute atomic E-state index is 11.1. The third-order valence-corrected chi connectivity index (χ3v) is 3.45. The van der Waals surface area contributed by atoms with Crippen molar-refractivity contribution in [3.8, 4) is 0 Å². The standard InChI is InChI=1S/C11H15ClO3S/c1-11(2,8-13)10-6-4-3-5-9(10)7-16(12,14)15/h3-6,13H,7-8H2,1-2H3. The molecule has 16 heavy (non-hydrogen) atoms. The van der Waals surface area contributed by atoms with Crippen LogP contribution >= 0.6 is 10.7 Å². The van der Waals surface area contributed by atoms with Crippen LogP contribution < -0.4 is 0 Å². The Hall–Kier alpha value is -0.580.